The van der Waals surface area contributed by atoms with Crippen LogP contribution < -0.4 is 74.1 Å². The molecule has 10 heteroatoms. The Hall–Kier alpha value is -1.58. The molecule has 158 valence electrons. The fraction of sp³-hybridized carbons (Fsp3) is 0.174. The Morgan fingerprint density at radius 1 is 1.03 bits per heavy atom. The number of halogens is 1. The second-order valence-corrected chi connectivity index (χ2v) is 7.44. The van der Waals surface area contributed by atoms with Gasteiger partial charge in [-0.1, -0.05) is 23.7 Å². The first-order valence-electron chi connectivity index (χ1n) is 9.56. The summed E-state index contributed by atoms with van der Waals surface area (Å²) in [6.45, 7) is 0.161. The predicted molar refractivity (Wildman–Crippen MR) is 110 cm³/mol. The van der Waals surface area contributed by atoms with E-state index < -0.39 is 17.9 Å². The van der Waals surface area contributed by atoms with Gasteiger partial charge in [-0.15, -0.1) is 0 Å². The van der Waals surface area contributed by atoms with Crippen molar-refractivity contribution in [2.24, 2.45) is 5.92 Å². The third-order valence-corrected chi connectivity index (χ3v) is 5.14. The van der Waals surface area contributed by atoms with Crippen LogP contribution in [0.2, 0.25) is 5.02 Å². The monoisotopic (exact) mass is 483 g/mol. The number of benzene rings is 3. The Balaban J connectivity index is 0.00000193. The molecular weight excluding hydrogens is 468 g/mol. The van der Waals surface area contributed by atoms with Gasteiger partial charge in [0.15, 0.2) is 5.58 Å². The van der Waals surface area contributed by atoms with E-state index in [1.807, 2.05) is 30.3 Å². The number of aliphatic carboxylic acids is 2. The molecule has 1 heterocycles. The van der Waals surface area contributed by atoms with Crippen LogP contribution >= 0.6 is 11.6 Å². The largest absolute Gasteiger partial charge is 1.00 e. The number of hydrogen-bond donors (Lipinski definition) is 0. The van der Waals surface area contributed by atoms with Crippen LogP contribution in [0.15, 0.2) is 59.0 Å². The van der Waals surface area contributed by atoms with Crippen LogP contribution in [0.1, 0.15) is 12.8 Å². The molecule has 0 amide bonds. The van der Waals surface area contributed by atoms with Gasteiger partial charge in [0.2, 0.25) is 5.89 Å². The normalized spacial score (nSPS) is 10.6. The predicted octanol–water partition coefficient (Wildman–Crippen LogP) is -3.42. The van der Waals surface area contributed by atoms with E-state index in [0.717, 1.165) is 16.3 Å². The first-order chi connectivity index (χ1) is 14.9. The molecule has 0 aliphatic carbocycles. The van der Waals surface area contributed by atoms with Crippen molar-refractivity contribution in [3.05, 3.63) is 59.6 Å². The molecular formula is C23H16ClNNa2O6. The zero-order chi connectivity index (χ0) is 22.0. The maximum absolute atomic E-state index is 10.8. The van der Waals surface area contributed by atoms with E-state index in [0.29, 0.717) is 27.8 Å². The molecule has 33 heavy (non-hydrogen) atoms. The zero-order valence-electron chi connectivity index (χ0n) is 18.2. The molecule has 3 aromatic carbocycles. The number of ether oxygens (including phenoxy) is 1. The third-order valence-electron chi connectivity index (χ3n) is 4.91. The Bertz CT molecular complexity index is 1280. The molecule has 0 aliphatic heterocycles. The van der Waals surface area contributed by atoms with E-state index in [1.54, 1.807) is 24.3 Å². The van der Waals surface area contributed by atoms with Crippen molar-refractivity contribution in [2.75, 3.05) is 6.61 Å². The van der Waals surface area contributed by atoms with Crippen molar-refractivity contribution < 1.29 is 88.1 Å². The third kappa shape index (κ3) is 6.51. The topological polar surface area (TPSA) is 116 Å². The number of aromatic nitrogens is 1. The maximum Gasteiger partial charge on any atom is 1.00 e. The molecule has 4 aromatic rings. The molecule has 4 rings (SSSR count). The number of carboxylic acids is 2. The molecule has 0 unspecified atom stereocenters. The minimum atomic E-state index is -1.65. The van der Waals surface area contributed by atoms with Crippen LogP contribution in [0.4, 0.5) is 0 Å². The number of nitrogens with zero attached hydrogens (tertiary/aromatic N) is 1. The molecule has 1 aromatic heterocycles. The van der Waals surface area contributed by atoms with Crippen molar-refractivity contribution in [3.63, 3.8) is 0 Å². The summed E-state index contributed by atoms with van der Waals surface area (Å²) >= 11 is 6.03. The van der Waals surface area contributed by atoms with Gasteiger partial charge in [-0.2, -0.15) is 0 Å². The van der Waals surface area contributed by atoms with Gasteiger partial charge in [0.25, 0.3) is 0 Å². The van der Waals surface area contributed by atoms with Crippen molar-refractivity contribution in [1.29, 1.82) is 0 Å². The van der Waals surface area contributed by atoms with Crippen molar-refractivity contribution in [3.8, 4) is 17.2 Å². The Morgan fingerprint density at radius 3 is 2.52 bits per heavy atom. The van der Waals surface area contributed by atoms with Gasteiger partial charge in [0, 0.05) is 16.5 Å². The first-order valence-corrected chi connectivity index (χ1v) is 9.94. The van der Waals surface area contributed by atoms with Crippen LogP contribution in [-0.4, -0.2) is 23.5 Å². The molecule has 0 fully saturated rings. The van der Waals surface area contributed by atoms with Gasteiger partial charge >= 0.3 is 59.1 Å². The average molecular weight is 484 g/mol. The number of carbonyl (C=O) groups excluding carboxylic acids is 2. The number of carbonyl (C=O) groups is 2. The fourth-order valence-electron chi connectivity index (χ4n) is 3.36. The van der Waals surface area contributed by atoms with Gasteiger partial charge in [0.05, 0.1) is 18.5 Å². The summed E-state index contributed by atoms with van der Waals surface area (Å²) in [7, 11) is 0. The summed E-state index contributed by atoms with van der Waals surface area (Å²) in [6, 6.07) is 16.5. The second kappa shape index (κ2) is 12.2. The standard InChI is InChI=1S/C23H18ClNO6.2Na/c24-14-6-9-20-19(12-14)25-21(31-20)17-4-1-3-13-11-15(7-8-16(13)17)30-10-2-5-18(22(26)27)23(28)29;;/h1,3-4,6-9,11-12,18H,2,5,10H2,(H,26,27)(H,28,29);;/q;2*+1/p-2. The first kappa shape index (κ1) is 27.7. The molecule has 7 nitrogen and oxygen atoms in total. The van der Waals surface area contributed by atoms with E-state index in [2.05, 4.69) is 4.98 Å². The van der Waals surface area contributed by atoms with E-state index in [9.17, 15) is 19.8 Å². The number of rotatable bonds is 8. The minimum Gasteiger partial charge on any atom is -0.549 e. The SMILES string of the molecule is O=C([O-])C(CCCOc1ccc2c(-c3nc4cc(Cl)ccc4o3)cccc2c1)C(=O)[O-].[Na+].[Na+]. The number of oxazole rings is 1. The van der Waals surface area contributed by atoms with E-state index >= 15 is 0 Å². The van der Waals surface area contributed by atoms with Gasteiger partial charge in [0.1, 0.15) is 11.3 Å². The summed E-state index contributed by atoms with van der Waals surface area (Å²) in [6.07, 6.45) is 0.111. The van der Waals surface area contributed by atoms with Crippen molar-refractivity contribution >= 4 is 45.4 Å². The number of carboxylic acid groups (broad SMARTS) is 2. The van der Waals surface area contributed by atoms with E-state index in [1.165, 1.54) is 0 Å². The van der Waals surface area contributed by atoms with Crippen molar-refractivity contribution in [2.45, 2.75) is 12.8 Å². The summed E-state index contributed by atoms with van der Waals surface area (Å²) in [5, 5.41) is 24.0. The molecule has 0 atom stereocenters. The van der Waals surface area contributed by atoms with Crippen molar-refractivity contribution in [1.82, 2.24) is 4.98 Å². The Kier molecular flexibility index (Phi) is 10.2. The molecule has 0 N–H and O–H groups in total. The van der Waals surface area contributed by atoms with Gasteiger partial charge in [-0.3, -0.25) is 0 Å². The smallest absolute Gasteiger partial charge is 0.549 e. The number of fused-ring (bicyclic) bond motifs is 2. The Morgan fingerprint density at radius 2 is 1.79 bits per heavy atom. The van der Waals surface area contributed by atoms with E-state index in [-0.39, 0.29) is 78.6 Å². The molecule has 0 aliphatic rings. The summed E-state index contributed by atoms with van der Waals surface area (Å²) in [5.41, 5.74) is 2.13. The quantitative estimate of drug-likeness (QED) is 0.146. The second-order valence-electron chi connectivity index (χ2n) is 7.00. The molecule has 0 bridgehead atoms. The van der Waals surface area contributed by atoms with Crippen LogP contribution in [0.25, 0.3) is 33.3 Å². The summed E-state index contributed by atoms with van der Waals surface area (Å²) < 4.78 is 11.5. The van der Waals surface area contributed by atoms with Crippen LogP contribution in [0, 0.1) is 5.92 Å². The molecule has 0 saturated heterocycles. The zero-order valence-corrected chi connectivity index (χ0v) is 22.9. The minimum absolute atomic E-state index is 0. The summed E-state index contributed by atoms with van der Waals surface area (Å²) in [4.78, 5) is 26.1. The van der Waals surface area contributed by atoms with Gasteiger partial charge < -0.3 is 29.0 Å². The van der Waals surface area contributed by atoms with E-state index in [4.69, 9.17) is 20.8 Å². The summed E-state index contributed by atoms with van der Waals surface area (Å²) in [5.74, 6) is -3.90. The maximum atomic E-state index is 10.8. The van der Waals surface area contributed by atoms with Crippen LogP contribution in [0.3, 0.4) is 0 Å². The fourth-order valence-corrected chi connectivity index (χ4v) is 3.53. The average Bonchev–Trinajstić information content (AvgIpc) is 3.15. The Labute approximate surface area is 238 Å². The van der Waals surface area contributed by atoms with Crippen LogP contribution in [-0.2, 0) is 9.59 Å². The van der Waals surface area contributed by atoms with Gasteiger partial charge in [-0.25, -0.2) is 4.98 Å². The number of hydrogen-bond acceptors (Lipinski definition) is 7. The van der Waals surface area contributed by atoms with Gasteiger partial charge in [-0.05, 0) is 66.1 Å². The molecule has 0 spiro atoms. The molecule has 0 saturated carbocycles. The molecule has 0 radical (unpaired) electrons. The van der Waals surface area contributed by atoms with Crippen LogP contribution in [0.5, 0.6) is 5.75 Å².